The van der Waals surface area contributed by atoms with Crippen molar-refractivity contribution in [1.82, 2.24) is 10.2 Å². The quantitative estimate of drug-likeness (QED) is 0.753. The van der Waals surface area contributed by atoms with Gasteiger partial charge in [-0.15, -0.1) is 0 Å². The molecule has 2 aliphatic heterocycles. The first-order valence-corrected chi connectivity index (χ1v) is 10.3. The fourth-order valence-corrected chi connectivity index (χ4v) is 4.03. The van der Waals surface area contributed by atoms with Crippen LogP contribution in [0.3, 0.4) is 0 Å². The minimum Gasteiger partial charge on any atom is -0.396 e. The number of fused-ring (bicyclic) bond motifs is 1. The van der Waals surface area contributed by atoms with Crippen LogP contribution in [0.4, 0.5) is 5.69 Å². The normalized spacial score (nSPS) is 18.2. The van der Waals surface area contributed by atoms with E-state index in [1.54, 1.807) is 4.90 Å². The molecule has 2 N–H and O–H groups in total. The van der Waals surface area contributed by atoms with Gasteiger partial charge < -0.3 is 25.0 Å². The van der Waals surface area contributed by atoms with Gasteiger partial charge in [0.1, 0.15) is 0 Å². The number of morpholine rings is 1. The lowest BCUT2D eigenvalue weighted by Crippen LogP contribution is -2.40. The Labute approximate surface area is 176 Å². The van der Waals surface area contributed by atoms with E-state index in [1.165, 1.54) is 0 Å². The Hall–Kier alpha value is -2.90. The van der Waals surface area contributed by atoms with Crippen LogP contribution in [0.15, 0.2) is 48.5 Å². The van der Waals surface area contributed by atoms with Gasteiger partial charge in [0.25, 0.3) is 5.91 Å². The van der Waals surface area contributed by atoms with Crippen molar-refractivity contribution in [1.29, 1.82) is 0 Å². The summed E-state index contributed by atoms with van der Waals surface area (Å²) in [4.78, 5) is 28.8. The standard InChI is InChI=1S/C23H27N3O4/c27-16-19-14-26(21-4-2-1-3-20(19)21)15-22(28)24-13-17-5-7-18(8-6-17)23(29)25-9-11-30-12-10-25/h1-8,19,27H,9-16H2,(H,24,28). The van der Waals surface area contributed by atoms with E-state index in [9.17, 15) is 14.7 Å². The summed E-state index contributed by atoms with van der Waals surface area (Å²) in [5.41, 5.74) is 3.69. The van der Waals surface area contributed by atoms with Crippen molar-refractivity contribution < 1.29 is 19.4 Å². The number of anilines is 1. The molecule has 2 heterocycles. The van der Waals surface area contributed by atoms with Crippen LogP contribution in [0.25, 0.3) is 0 Å². The van der Waals surface area contributed by atoms with E-state index in [1.807, 2.05) is 53.4 Å². The molecule has 158 valence electrons. The summed E-state index contributed by atoms with van der Waals surface area (Å²) in [7, 11) is 0. The number of benzene rings is 2. The monoisotopic (exact) mass is 409 g/mol. The number of aliphatic hydroxyl groups excluding tert-OH is 1. The van der Waals surface area contributed by atoms with Crippen molar-refractivity contribution in [2.24, 2.45) is 0 Å². The van der Waals surface area contributed by atoms with Crippen LogP contribution in [0, 0.1) is 0 Å². The molecule has 4 rings (SSSR count). The van der Waals surface area contributed by atoms with E-state index in [4.69, 9.17) is 4.74 Å². The summed E-state index contributed by atoms with van der Waals surface area (Å²) in [6, 6.07) is 15.3. The Balaban J connectivity index is 1.30. The van der Waals surface area contributed by atoms with Crippen LogP contribution in [0.5, 0.6) is 0 Å². The summed E-state index contributed by atoms with van der Waals surface area (Å²) in [5.74, 6) is -0.0116. The van der Waals surface area contributed by atoms with Gasteiger partial charge >= 0.3 is 0 Å². The van der Waals surface area contributed by atoms with E-state index in [0.29, 0.717) is 45.0 Å². The molecule has 1 atom stereocenters. The molecule has 2 aliphatic rings. The molecule has 1 fully saturated rings. The summed E-state index contributed by atoms with van der Waals surface area (Å²) in [6.45, 7) is 3.77. The molecule has 0 bridgehead atoms. The maximum atomic E-state index is 12.5. The third-order valence-corrected chi connectivity index (χ3v) is 5.70. The third-order valence-electron chi connectivity index (χ3n) is 5.70. The van der Waals surface area contributed by atoms with E-state index in [2.05, 4.69) is 5.32 Å². The summed E-state index contributed by atoms with van der Waals surface area (Å²) < 4.78 is 5.29. The number of carbonyl (C=O) groups is 2. The zero-order chi connectivity index (χ0) is 20.9. The first-order valence-electron chi connectivity index (χ1n) is 10.3. The number of nitrogens with one attached hydrogen (secondary N) is 1. The van der Waals surface area contributed by atoms with Crippen molar-refractivity contribution in [3.63, 3.8) is 0 Å². The highest BCUT2D eigenvalue weighted by Crippen LogP contribution is 2.35. The largest absolute Gasteiger partial charge is 0.396 e. The van der Waals surface area contributed by atoms with Gasteiger partial charge in [0.05, 0.1) is 26.4 Å². The fourth-order valence-electron chi connectivity index (χ4n) is 4.03. The Bertz CT molecular complexity index is 894. The molecule has 7 heteroatoms. The molecule has 0 saturated carbocycles. The number of aliphatic hydroxyl groups is 1. The van der Waals surface area contributed by atoms with E-state index >= 15 is 0 Å². The van der Waals surface area contributed by atoms with Crippen molar-refractivity contribution in [2.75, 3.05) is 50.9 Å². The molecule has 30 heavy (non-hydrogen) atoms. The third kappa shape index (κ3) is 4.47. The summed E-state index contributed by atoms with van der Waals surface area (Å²) in [6.07, 6.45) is 0. The molecule has 2 amide bonds. The van der Waals surface area contributed by atoms with Crippen molar-refractivity contribution >= 4 is 17.5 Å². The van der Waals surface area contributed by atoms with Crippen LogP contribution < -0.4 is 10.2 Å². The lowest BCUT2D eigenvalue weighted by Gasteiger charge is -2.26. The Morgan fingerprint density at radius 2 is 1.80 bits per heavy atom. The molecule has 0 radical (unpaired) electrons. The predicted molar refractivity (Wildman–Crippen MR) is 113 cm³/mol. The molecule has 2 aromatic carbocycles. The molecule has 1 unspecified atom stereocenters. The smallest absolute Gasteiger partial charge is 0.254 e. The molecule has 1 saturated heterocycles. The van der Waals surface area contributed by atoms with Crippen LogP contribution in [0.1, 0.15) is 27.4 Å². The number of hydrogen-bond donors (Lipinski definition) is 2. The number of amides is 2. The van der Waals surface area contributed by atoms with Crippen LogP contribution in [0.2, 0.25) is 0 Å². The highest BCUT2D eigenvalue weighted by atomic mass is 16.5. The number of nitrogens with zero attached hydrogens (tertiary/aromatic N) is 2. The number of para-hydroxylation sites is 1. The highest BCUT2D eigenvalue weighted by molar-refractivity contribution is 5.94. The average Bonchev–Trinajstić information content (AvgIpc) is 3.16. The van der Waals surface area contributed by atoms with Gasteiger partial charge in [0.15, 0.2) is 0 Å². The molecular weight excluding hydrogens is 382 g/mol. The van der Waals surface area contributed by atoms with Gasteiger partial charge in [-0.05, 0) is 29.3 Å². The van der Waals surface area contributed by atoms with E-state index in [0.717, 1.165) is 16.8 Å². The Morgan fingerprint density at radius 1 is 1.07 bits per heavy atom. The van der Waals surface area contributed by atoms with Crippen LogP contribution >= 0.6 is 0 Å². The zero-order valence-corrected chi connectivity index (χ0v) is 16.9. The minimum absolute atomic E-state index is 0.0139. The number of carbonyl (C=O) groups excluding carboxylic acids is 2. The van der Waals surface area contributed by atoms with Gasteiger partial charge in [0.2, 0.25) is 5.91 Å². The minimum atomic E-state index is -0.0723. The first-order chi connectivity index (χ1) is 14.7. The molecule has 0 spiro atoms. The second-order valence-corrected chi connectivity index (χ2v) is 7.70. The highest BCUT2D eigenvalue weighted by Gasteiger charge is 2.28. The van der Waals surface area contributed by atoms with Crippen molar-refractivity contribution in [3.8, 4) is 0 Å². The maximum Gasteiger partial charge on any atom is 0.254 e. The fraction of sp³-hybridized carbons (Fsp3) is 0.391. The Morgan fingerprint density at radius 3 is 2.53 bits per heavy atom. The summed E-state index contributed by atoms with van der Waals surface area (Å²) in [5, 5.41) is 12.5. The van der Waals surface area contributed by atoms with Gasteiger partial charge in [0, 0.05) is 43.3 Å². The zero-order valence-electron chi connectivity index (χ0n) is 16.9. The van der Waals surface area contributed by atoms with Crippen LogP contribution in [-0.2, 0) is 16.1 Å². The van der Waals surface area contributed by atoms with Gasteiger partial charge in [-0.3, -0.25) is 9.59 Å². The SMILES string of the molecule is O=C(CN1CC(CO)c2ccccc21)NCc1ccc(C(=O)N2CCOCC2)cc1. The second-order valence-electron chi connectivity index (χ2n) is 7.70. The molecule has 2 aromatic rings. The van der Waals surface area contributed by atoms with E-state index in [-0.39, 0.29) is 30.9 Å². The lowest BCUT2D eigenvalue weighted by molar-refractivity contribution is -0.119. The Kier molecular flexibility index (Phi) is 6.30. The topological polar surface area (TPSA) is 82.1 Å². The lowest BCUT2D eigenvalue weighted by atomic mass is 10.0. The predicted octanol–water partition coefficient (Wildman–Crippen LogP) is 1.37. The average molecular weight is 409 g/mol. The van der Waals surface area contributed by atoms with Gasteiger partial charge in [-0.1, -0.05) is 30.3 Å². The molecule has 0 aliphatic carbocycles. The molecule has 0 aromatic heterocycles. The van der Waals surface area contributed by atoms with Gasteiger partial charge in [-0.25, -0.2) is 0 Å². The van der Waals surface area contributed by atoms with Crippen molar-refractivity contribution in [3.05, 3.63) is 65.2 Å². The number of hydrogen-bond acceptors (Lipinski definition) is 5. The second kappa shape index (κ2) is 9.28. The first kappa shape index (κ1) is 20.4. The van der Waals surface area contributed by atoms with Gasteiger partial charge in [-0.2, -0.15) is 0 Å². The molecular formula is C23H27N3O4. The molecule has 7 nitrogen and oxygen atoms in total. The number of ether oxygens (including phenoxy) is 1. The maximum absolute atomic E-state index is 12.5. The van der Waals surface area contributed by atoms with E-state index < -0.39 is 0 Å². The van der Waals surface area contributed by atoms with Crippen LogP contribution in [-0.4, -0.2) is 67.8 Å². The van der Waals surface area contributed by atoms with Crippen molar-refractivity contribution in [2.45, 2.75) is 12.5 Å². The number of rotatable bonds is 6. The summed E-state index contributed by atoms with van der Waals surface area (Å²) >= 11 is 0.